The molecule has 0 fully saturated rings. The lowest BCUT2D eigenvalue weighted by molar-refractivity contribution is 0.0950. The van der Waals surface area contributed by atoms with Crippen LogP contribution < -0.4 is 20.1 Å². The number of nitrogens with one attached hydrogen (secondary N) is 2. The predicted octanol–water partition coefficient (Wildman–Crippen LogP) is 3.19. The third-order valence-electron chi connectivity index (χ3n) is 4.08. The fourth-order valence-corrected chi connectivity index (χ4v) is 2.70. The molecule has 0 saturated carbocycles. The van der Waals surface area contributed by atoms with Crippen LogP contribution in [0.25, 0.3) is 0 Å². The Hall–Kier alpha value is -3.61. The monoisotopic (exact) mass is 362 g/mol. The molecule has 1 aliphatic heterocycles. The van der Waals surface area contributed by atoms with Crippen molar-refractivity contribution in [3.63, 3.8) is 0 Å². The predicted molar refractivity (Wildman–Crippen MR) is 100 cm³/mol. The Labute approximate surface area is 156 Å². The molecule has 0 radical (unpaired) electrons. The first-order valence-corrected chi connectivity index (χ1v) is 8.50. The summed E-state index contributed by atoms with van der Waals surface area (Å²) in [4.78, 5) is 20.7. The molecule has 1 aromatic heterocycles. The first-order chi connectivity index (χ1) is 13.2. The first kappa shape index (κ1) is 16.8. The van der Waals surface area contributed by atoms with Gasteiger partial charge in [0.15, 0.2) is 11.5 Å². The van der Waals surface area contributed by atoms with Crippen LogP contribution in [0, 0.1) is 6.92 Å². The number of hydrogen-bond acceptors (Lipinski definition) is 6. The van der Waals surface area contributed by atoms with Crippen LogP contribution in [0.4, 0.5) is 11.6 Å². The Bertz CT molecular complexity index is 973. The quantitative estimate of drug-likeness (QED) is 0.725. The summed E-state index contributed by atoms with van der Waals surface area (Å²) in [5.74, 6) is 1.61. The van der Waals surface area contributed by atoms with E-state index in [1.807, 2.05) is 49.4 Å². The maximum absolute atomic E-state index is 12.3. The molecule has 0 bridgehead atoms. The minimum absolute atomic E-state index is 0.228. The van der Waals surface area contributed by atoms with E-state index in [9.17, 15) is 4.79 Å². The molecule has 0 saturated heterocycles. The summed E-state index contributed by atoms with van der Waals surface area (Å²) < 4.78 is 10.6. The first-order valence-electron chi connectivity index (χ1n) is 8.50. The van der Waals surface area contributed by atoms with Crippen LogP contribution in [0.5, 0.6) is 11.5 Å². The lowest BCUT2D eigenvalue weighted by Gasteiger charge is -2.08. The number of carbonyl (C=O) groups is 1. The second kappa shape index (κ2) is 7.33. The standard InChI is InChI=1S/C20H18N4O3/c1-13-3-2-4-16(7-13)24-20-22-10-15(11-23-20)19(25)21-9-14-5-6-17-18(8-14)27-12-26-17/h2-8,10-11H,9,12H2,1H3,(H,21,25)(H,22,23,24). The van der Waals surface area contributed by atoms with Gasteiger partial charge in [0.2, 0.25) is 12.7 Å². The van der Waals surface area contributed by atoms with Crippen molar-refractivity contribution >= 4 is 17.5 Å². The van der Waals surface area contributed by atoms with Crippen LogP contribution in [0.3, 0.4) is 0 Å². The van der Waals surface area contributed by atoms with Gasteiger partial charge in [0, 0.05) is 24.6 Å². The van der Waals surface area contributed by atoms with Gasteiger partial charge < -0.3 is 20.1 Å². The molecule has 0 atom stereocenters. The molecule has 1 aliphatic rings. The second-order valence-electron chi connectivity index (χ2n) is 6.16. The Morgan fingerprint density at radius 3 is 2.70 bits per heavy atom. The van der Waals surface area contributed by atoms with Crippen molar-refractivity contribution in [3.8, 4) is 11.5 Å². The van der Waals surface area contributed by atoms with E-state index in [0.717, 1.165) is 22.6 Å². The molecular formula is C20H18N4O3. The minimum atomic E-state index is -0.241. The van der Waals surface area contributed by atoms with Gasteiger partial charge in [0.1, 0.15) is 0 Å². The summed E-state index contributed by atoms with van der Waals surface area (Å²) in [5, 5.41) is 5.96. The summed E-state index contributed by atoms with van der Waals surface area (Å²) in [6.07, 6.45) is 3.00. The fourth-order valence-electron chi connectivity index (χ4n) is 2.70. The van der Waals surface area contributed by atoms with E-state index >= 15 is 0 Å². The van der Waals surface area contributed by atoms with Gasteiger partial charge in [-0.1, -0.05) is 18.2 Å². The van der Waals surface area contributed by atoms with Gasteiger partial charge in [-0.15, -0.1) is 0 Å². The molecule has 7 nitrogen and oxygen atoms in total. The molecule has 136 valence electrons. The zero-order chi connectivity index (χ0) is 18.6. The Morgan fingerprint density at radius 1 is 1.07 bits per heavy atom. The third-order valence-corrected chi connectivity index (χ3v) is 4.08. The van der Waals surface area contributed by atoms with Gasteiger partial charge in [0.25, 0.3) is 5.91 Å². The number of aromatic nitrogens is 2. The SMILES string of the molecule is Cc1cccc(Nc2ncc(C(=O)NCc3ccc4c(c3)OCO4)cn2)c1. The van der Waals surface area contributed by atoms with E-state index in [1.54, 1.807) is 0 Å². The molecule has 0 aliphatic carbocycles. The minimum Gasteiger partial charge on any atom is -0.454 e. The maximum atomic E-state index is 12.3. The Morgan fingerprint density at radius 2 is 1.89 bits per heavy atom. The largest absolute Gasteiger partial charge is 0.454 e. The third kappa shape index (κ3) is 3.98. The van der Waals surface area contributed by atoms with Crippen LogP contribution in [-0.2, 0) is 6.54 Å². The molecule has 2 N–H and O–H groups in total. The van der Waals surface area contributed by atoms with Crippen molar-refractivity contribution in [2.45, 2.75) is 13.5 Å². The van der Waals surface area contributed by atoms with E-state index in [2.05, 4.69) is 20.6 Å². The number of fused-ring (bicyclic) bond motifs is 1. The lowest BCUT2D eigenvalue weighted by Crippen LogP contribution is -2.23. The van der Waals surface area contributed by atoms with Crippen LogP contribution >= 0.6 is 0 Å². The van der Waals surface area contributed by atoms with Crippen molar-refractivity contribution < 1.29 is 14.3 Å². The van der Waals surface area contributed by atoms with Crippen molar-refractivity contribution in [1.82, 2.24) is 15.3 Å². The highest BCUT2D eigenvalue weighted by molar-refractivity contribution is 5.93. The molecule has 0 unspecified atom stereocenters. The van der Waals surface area contributed by atoms with E-state index in [1.165, 1.54) is 12.4 Å². The average molecular weight is 362 g/mol. The smallest absolute Gasteiger partial charge is 0.254 e. The second-order valence-corrected chi connectivity index (χ2v) is 6.16. The van der Waals surface area contributed by atoms with Crippen LogP contribution in [0.1, 0.15) is 21.5 Å². The summed E-state index contributed by atoms with van der Waals surface area (Å²) in [7, 11) is 0. The summed E-state index contributed by atoms with van der Waals surface area (Å²) >= 11 is 0. The highest BCUT2D eigenvalue weighted by Gasteiger charge is 2.14. The summed E-state index contributed by atoms with van der Waals surface area (Å²) in [6, 6.07) is 13.5. The van der Waals surface area contributed by atoms with Crippen molar-refractivity contribution in [1.29, 1.82) is 0 Å². The molecule has 27 heavy (non-hydrogen) atoms. The number of aryl methyl sites for hydroxylation is 1. The number of ether oxygens (including phenoxy) is 2. The summed E-state index contributed by atoms with van der Waals surface area (Å²) in [6.45, 7) is 2.61. The number of benzene rings is 2. The van der Waals surface area contributed by atoms with Crippen LogP contribution in [-0.4, -0.2) is 22.7 Å². The normalized spacial score (nSPS) is 11.9. The van der Waals surface area contributed by atoms with E-state index in [0.29, 0.717) is 23.8 Å². The molecule has 0 spiro atoms. The van der Waals surface area contributed by atoms with Crippen molar-refractivity contribution in [3.05, 3.63) is 71.5 Å². The van der Waals surface area contributed by atoms with Gasteiger partial charge in [-0.05, 0) is 42.3 Å². The van der Waals surface area contributed by atoms with Crippen LogP contribution in [0.2, 0.25) is 0 Å². The van der Waals surface area contributed by atoms with Gasteiger partial charge in [0.05, 0.1) is 5.56 Å². The Balaban J connectivity index is 1.36. The van der Waals surface area contributed by atoms with Gasteiger partial charge >= 0.3 is 0 Å². The molecule has 7 heteroatoms. The molecular weight excluding hydrogens is 344 g/mol. The van der Waals surface area contributed by atoms with Gasteiger partial charge in [-0.2, -0.15) is 0 Å². The topological polar surface area (TPSA) is 85.4 Å². The number of amides is 1. The molecule has 2 heterocycles. The highest BCUT2D eigenvalue weighted by atomic mass is 16.7. The highest BCUT2D eigenvalue weighted by Crippen LogP contribution is 2.32. The van der Waals surface area contributed by atoms with E-state index < -0.39 is 0 Å². The summed E-state index contributed by atoms with van der Waals surface area (Å²) in [5.41, 5.74) is 3.35. The number of hydrogen-bond donors (Lipinski definition) is 2. The van der Waals surface area contributed by atoms with Gasteiger partial charge in [-0.3, -0.25) is 4.79 Å². The molecule has 1 amide bonds. The van der Waals surface area contributed by atoms with E-state index in [-0.39, 0.29) is 12.7 Å². The zero-order valence-electron chi connectivity index (χ0n) is 14.7. The molecule has 4 rings (SSSR count). The number of rotatable bonds is 5. The number of nitrogens with zero attached hydrogens (tertiary/aromatic N) is 2. The number of carbonyl (C=O) groups excluding carboxylic acids is 1. The maximum Gasteiger partial charge on any atom is 0.254 e. The molecule has 2 aromatic carbocycles. The number of anilines is 2. The Kier molecular flexibility index (Phi) is 4.57. The van der Waals surface area contributed by atoms with Crippen molar-refractivity contribution in [2.75, 3.05) is 12.1 Å². The van der Waals surface area contributed by atoms with Crippen molar-refractivity contribution in [2.24, 2.45) is 0 Å². The van der Waals surface area contributed by atoms with Gasteiger partial charge in [-0.25, -0.2) is 9.97 Å². The van der Waals surface area contributed by atoms with Crippen LogP contribution in [0.15, 0.2) is 54.9 Å². The lowest BCUT2D eigenvalue weighted by atomic mass is 10.2. The molecule has 3 aromatic rings. The average Bonchev–Trinajstić information content (AvgIpc) is 3.14. The fraction of sp³-hybridized carbons (Fsp3) is 0.150. The van der Waals surface area contributed by atoms with E-state index in [4.69, 9.17) is 9.47 Å². The zero-order valence-corrected chi connectivity index (χ0v) is 14.7.